The Hall–Kier alpha value is -0.960. The Morgan fingerprint density at radius 2 is 2.22 bits per heavy atom. The molecular formula is C15H22N2O4S2. The van der Waals surface area contributed by atoms with Gasteiger partial charge < -0.3 is 9.64 Å². The van der Waals surface area contributed by atoms with Gasteiger partial charge in [-0.1, -0.05) is 13.8 Å². The number of sulfonamides is 1. The minimum absolute atomic E-state index is 0.00702. The quantitative estimate of drug-likeness (QED) is 0.884. The first kappa shape index (κ1) is 16.9. The molecule has 8 heteroatoms. The predicted octanol–water partition coefficient (Wildman–Crippen LogP) is 1.53. The van der Waals surface area contributed by atoms with Crippen molar-refractivity contribution in [2.75, 3.05) is 26.8 Å². The molecule has 0 bridgehead atoms. The zero-order valence-corrected chi connectivity index (χ0v) is 15.2. The summed E-state index contributed by atoms with van der Waals surface area (Å²) in [5.41, 5.74) is 0.165. The summed E-state index contributed by atoms with van der Waals surface area (Å²) in [6, 6.07) is 1.40. The predicted molar refractivity (Wildman–Crippen MR) is 87.8 cm³/mol. The SMILES string of the molecule is COC[C@@]12CN(C(=O)c3sccc3S(N)(=O)=O)C[C@@H]1C(C)(C)C2. The monoisotopic (exact) mass is 358 g/mol. The summed E-state index contributed by atoms with van der Waals surface area (Å²) in [4.78, 5) is 14.7. The van der Waals surface area contributed by atoms with Crippen LogP contribution in [0.5, 0.6) is 0 Å². The summed E-state index contributed by atoms with van der Waals surface area (Å²) in [5.74, 6) is 0.126. The lowest BCUT2D eigenvalue weighted by molar-refractivity contribution is -0.107. The minimum Gasteiger partial charge on any atom is -0.384 e. The maximum atomic E-state index is 12.8. The fourth-order valence-electron chi connectivity index (χ4n) is 4.58. The van der Waals surface area contributed by atoms with Crippen molar-refractivity contribution in [3.8, 4) is 0 Å². The number of hydrogen-bond acceptors (Lipinski definition) is 5. The molecule has 1 aromatic heterocycles. The summed E-state index contributed by atoms with van der Waals surface area (Å²) in [6.07, 6.45) is 1.01. The van der Waals surface area contributed by atoms with Gasteiger partial charge in [0.15, 0.2) is 0 Å². The third kappa shape index (κ3) is 2.61. The molecular weight excluding hydrogens is 336 g/mol. The van der Waals surface area contributed by atoms with Gasteiger partial charge in [0, 0.05) is 25.6 Å². The van der Waals surface area contributed by atoms with Gasteiger partial charge in [-0.2, -0.15) is 0 Å². The van der Waals surface area contributed by atoms with E-state index in [-0.39, 0.29) is 26.5 Å². The molecule has 0 unspecified atom stereocenters. The van der Waals surface area contributed by atoms with Gasteiger partial charge >= 0.3 is 0 Å². The first-order valence-electron chi connectivity index (χ1n) is 7.49. The molecule has 2 N–H and O–H groups in total. The molecule has 6 nitrogen and oxygen atoms in total. The molecule has 2 heterocycles. The third-order valence-electron chi connectivity index (χ3n) is 5.25. The third-order valence-corrected chi connectivity index (χ3v) is 7.23. The van der Waals surface area contributed by atoms with E-state index < -0.39 is 10.0 Å². The molecule has 2 fully saturated rings. The number of carbonyl (C=O) groups is 1. The summed E-state index contributed by atoms with van der Waals surface area (Å²) < 4.78 is 28.7. The van der Waals surface area contributed by atoms with Crippen LogP contribution in [0.2, 0.25) is 0 Å². The normalized spacial score (nSPS) is 29.2. The van der Waals surface area contributed by atoms with E-state index in [1.165, 1.54) is 6.07 Å². The number of likely N-dealkylation sites (tertiary alicyclic amines) is 1. The van der Waals surface area contributed by atoms with Gasteiger partial charge in [0.1, 0.15) is 9.77 Å². The largest absolute Gasteiger partial charge is 0.384 e. The highest BCUT2D eigenvalue weighted by Crippen LogP contribution is 2.62. The molecule has 0 spiro atoms. The summed E-state index contributed by atoms with van der Waals surface area (Å²) in [7, 11) is -2.21. The average Bonchev–Trinajstić information content (AvgIpc) is 3.01. The Balaban J connectivity index is 1.87. The van der Waals surface area contributed by atoms with Crippen LogP contribution in [0.4, 0.5) is 0 Å². The topological polar surface area (TPSA) is 89.7 Å². The molecule has 0 aromatic carbocycles. The number of nitrogens with zero attached hydrogens (tertiary/aromatic N) is 1. The standard InChI is InChI=1S/C15H22N2O4S2/c1-14(2)7-15(9-21-3)8-17(6-11(14)15)13(18)12-10(4-5-22-12)23(16,19)20/h4-5,11H,6-9H2,1-3H3,(H2,16,19,20)/t11-,15-/m1/s1. The number of carbonyl (C=O) groups excluding carboxylic acids is 1. The van der Waals surface area contributed by atoms with Crippen LogP contribution in [0.1, 0.15) is 29.9 Å². The van der Waals surface area contributed by atoms with Crippen LogP contribution in [0.3, 0.4) is 0 Å². The second-order valence-corrected chi connectivity index (χ2v) is 9.80. The molecule has 2 atom stereocenters. The number of amides is 1. The van der Waals surface area contributed by atoms with Crippen molar-refractivity contribution in [1.29, 1.82) is 0 Å². The number of rotatable bonds is 4. The average molecular weight is 358 g/mol. The van der Waals surface area contributed by atoms with Gasteiger partial charge in [0.05, 0.1) is 6.61 Å². The molecule has 23 heavy (non-hydrogen) atoms. The summed E-state index contributed by atoms with van der Waals surface area (Å²) >= 11 is 1.12. The number of fused-ring (bicyclic) bond motifs is 1. The van der Waals surface area contributed by atoms with Gasteiger partial charge in [-0.05, 0) is 29.2 Å². The molecule has 1 aliphatic heterocycles. The van der Waals surface area contributed by atoms with Crippen LogP contribution in [0.15, 0.2) is 16.3 Å². The van der Waals surface area contributed by atoms with Crippen LogP contribution in [-0.2, 0) is 14.8 Å². The molecule has 1 aliphatic carbocycles. The Morgan fingerprint density at radius 1 is 1.52 bits per heavy atom. The number of thiophene rings is 1. The number of hydrogen-bond donors (Lipinski definition) is 1. The first-order valence-corrected chi connectivity index (χ1v) is 9.92. The lowest BCUT2D eigenvalue weighted by atomic mass is 9.48. The second kappa shape index (κ2) is 5.27. The van der Waals surface area contributed by atoms with Crippen LogP contribution in [0, 0.1) is 16.7 Å². The van der Waals surface area contributed by atoms with E-state index in [0.717, 1.165) is 17.8 Å². The van der Waals surface area contributed by atoms with Crippen molar-refractivity contribution in [2.24, 2.45) is 21.9 Å². The van der Waals surface area contributed by atoms with Crippen LogP contribution >= 0.6 is 11.3 Å². The highest BCUT2D eigenvalue weighted by atomic mass is 32.2. The van der Waals surface area contributed by atoms with E-state index >= 15 is 0 Å². The van der Waals surface area contributed by atoms with Crippen molar-refractivity contribution in [3.63, 3.8) is 0 Å². The Morgan fingerprint density at radius 3 is 2.78 bits per heavy atom. The molecule has 128 valence electrons. The zero-order valence-electron chi connectivity index (χ0n) is 13.5. The number of primary sulfonamides is 1. The molecule has 1 saturated heterocycles. The van der Waals surface area contributed by atoms with Gasteiger partial charge in [-0.15, -0.1) is 11.3 Å². The summed E-state index contributed by atoms with van der Waals surface area (Å²) in [5, 5.41) is 6.80. The van der Waals surface area contributed by atoms with Crippen LogP contribution in [0.25, 0.3) is 0 Å². The van der Waals surface area contributed by atoms with E-state index in [2.05, 4.69) is 13.8 Å². The van der Waals surface area contributed by atoms with E-state index in [1.807, 2.05) is 0 Å². The van der Waals surface area contributed by atoms with Crippen molar-refractivity contribution >= 4 is 27.3 Å². The van der Waals surface area contributed by atoms with Gasteiger partial charge in [-0.25, -0.2) is 13.6 Å². The van der Waals surface area contributed by atoms with Gasteiger partial charge in [-0.3, -0.25) is 4.79 Å². The van der Waals surface area contributed by atoms with Crippen molar-refractivity contribution in [2.45, 2.75) is 25.2 Å². The molecule has 0 radical (unpaired) electrons. The Bertz CT molecular complexity index is 740. The van der Waals surface area contributed by atoms with Crippen molar-refractivity contribution in [3.05, 3.63) is 16.3 Å². The van der Waals surface area contributed by atoms with Crippen LogP contribution < -0.4 is 5.14 Å². The van der Waals surface area contributed by atoms with E-state index in [9.17, 15) is 13.2 Å². The Labute approximate surface area is 140 Å². The molecule has 2 aliphatic rings. The summed E-state index contributed by atoms with van der Waals surface area (Å²) in [6.45, 7) is 6.28. The highest BCUT2D eigenvalue weighted by molar-refractivity contribution is 7.89. The fraction of sp³-hybridized carbons (Fsp3) is 0.667. The minimum atomic E-state index is -3.89. The molecule has 1 aromatic rings. The van der Waals surface area contributed by atoms with Crippen LogP contribution in [-0.4, -0.2) is 46.0 Å². The maximum Gasteiger partial charge on any atom is 0.265 e. The van der Waals surface area contributed by atoms with E-state index in [1.54, 1.807) is 17.4 Å². The van der Waals surface area contributed by atoms with Crippen molar-refractivity contribution < 1.29 is 17.9 Å². The maximum absolute atomic E-state index is 12.8. The lowest BCUT2D eigenvalue weighted by Gasteiger charge is -2.56. The number of methoxy groups -OCH3 is 1. The molecule has 3 rings (SSSR count). The second-order valence-electron chi connectivity index (χ2n) is 7.36. The first-order chi connectivity index (χ1) is 10.6. The molecule has 1 saturated carbocycles. The van der Waals surface area contributed by atoms with E-state index in [0.29, 0.717) is 25.6 Å². The number of ether oxygens (including phenoxy) is 1. The highest BCUT2D eigenvalue weighted by Gasteiger charge is 2.63. The van der Waals surface area contributed by atoms with Crippen molar-refractivity contribution in [1.82, 2.24) is 4.90 Å². The smallest absolute Gasteiger partial charge is 0.265 e. The Kier molecular flexibility index (Phi) is 3.87. The van der Waals surface area contributed by atoms with Gasteiger partial charge in [0.2, 0.25) is 10.0 Å². The molecule has 1 amide bonds. The van der Waals surface area contributed by atoms with Gasteiger partial charge in [0.25, 0.3) is 5.91 Å². The lowest BCUT2D eigenvalue weighted by Crippen LogP contribution is -2.55. The fourth-order valence-corrected chi connectivity index (χ4v) is 6.52. The zero-order chi connectivity index (χ0) is 17.0. The number of nitrogens with two attached hydrogens (primary N) is 1. The van der Waals surface area contributed by atoms with E-state index in [4.69, 9.17) is 9.88 Å².